The second-order valence-corrected chi connectivity index (χ2v) is 5.98. The Morgan fingerprint density at radius 1 is 1.24 bits per heavy atom. The normalized spacial score (nSPS) is 14.5. The van der Waals surface area contributed by atoms with Crippen LogP contribution in [0, 0.1) is 6.92 Å². The van der Waals surface area contributed by atoms with E-state index in [1.807, 2.05) is 42.9 Å². The highest BCUT2D eigenvalue weighted by Crippen LogP contribution is 2.27. The van der Waals surface area contributed by atoms with Crippen LogP contribution in [0.25, 0.3) is 11.2 Å². The molecular weight excluding hydrogens is 286 g/mol. The average Bonchev–Trinajstić information content (AvgIpc) is 3.04. The van der Waals surface area contributed by atoms with Crippen LogP contribution in [0.1, 0.15) is 36.8 Å². The second kappa shape index (κ2) is 5.48. The third-order valence-electron chi connectivity index (χ3n) is 3.51. The number of hydrogen-bond acceptors (Lipinski definition) is 3. The first-order valence-electron chi connectivity index (χ1n) is 7.03. The molecule has 2 unspecified atom stereocenters. The van der Waals surface area contributed by atoms with Crippen LogP contribution < -0.4 is 0 Å². The van der Waals surface area contributed by atoms with Gasteiger partial charge in [0, 0.05) is 18.1 Å². The van der Waals surface area contributed by atoms with E-state index >= 15 is 0 Å². The molecular formula is C15H18ClN5. The number of rotatable bonds is 4. The molecule has 3 heterocycles. The molecule has 0 aliphatic carbocycles. The molecule has 0 aliphatic rings. The number of imidazole rings is 1. The van der Waals surface area contributed by atoms with Crippen LogP contribution in [0.4, 0.5) is 0 Å². The van der Waals surface area contributed by atoms with Crippen molar-refractivity contribution >= 4 is 22.8 Å². The average molecular weight is 304 g/mol. The lowest BCUT2D eigenvalue weighted by Gasteiger charge is -2.18. The number of nitrogens with zero attached hydrogens (tertiary/aromatic N) is 5. The van der Waals surface area contributed by atoms with Gasteiger partial charge < -0.3 is 4.57 Å². The summed E-state index contributed by atoms with van der Waals surface area (Å²) in [5.41, 5.74) is 2.75. The van der Waals surface area contributed by atoms with Gasteiger partial charge >= 0.3 is 0 Å². The molecule has 0 aromatic carbocycles. The van der Waals surface area contributed by atoms with Crippen molar-refractivity contribution in [2.24, 2.45) is 0 Å². The molecule has 0 fully saturated rings. The van der Waals surface area contributed by atoms with Gasteiger partial charge in [-0.15, -0.1) is 11.6 Å². The van der Waals surface area contributed by atoms with E-state index in [0.29, 0.717) is 0 Å². The number of fused-ring (bicyclic) bond motifs is 1. The molecule has 0 aliphatic heterocycles. The fraction of sp³-hybridized carbons (Fsp3) is 0.400. The van der Waals surface area contributed by atoms with E-state index in [2.05, 4.69) is 26.6 Å². The Kier molecular flexibility index (Phi) is 3.68. The number of alkyl halides is 1. The second-order valence-electron chi connectivity index (χ2n) is 5.33. The zero-order valence-electron chi connectivity index (χ0n) is 12.4. The lowest BCUT2D eigenvalue weighted by atomic mass is 10.3. The molecule has 0 saturated heterocycles. The first-order valence-corrected chi connectivity index (χ1v) is 7.47. The molecule has 0 N–H and O–H groups in total. The zero-order valence-corrected chi connectivity index (χ0v) is 13.1. The topological polar surface area (TPSA) is 48.5 Å². The van der Waals surface area contributed by atoms with Gasteiger partial charge in [-0.25, -0.2) is 9.97 Å². The number of aryl methyl sites for hydroxylation is 1. The largest absolute Gasteiger partial charge is 0.307 e. The van der Waals surface area contributed by atoms with Crippen molar-refractivity contribution < 1.29 is 0 Å². The maximum absolute atomic E-state index is 6.31. The van der Waals surface area contributed by atoms with Gasteiger partial charge in [0.25, 0.3) is 0 Å². The molecule has 3 rings (SSSR count). The van der Waals surface area contributed by atoms with E-state index in [1.54, 1.807) is 6.20 Å². The summed E-state index contributed by atoms with van der Waals surface area (Å²) in [4.78, 5) is 9.28. The van der Waals surface area contributed by atoms with Crippen LogP contribution in [0.15, 0.2) is 30.6 Å². The lowest BCUT2D eigenvalue weighted by Crippen LogP contribution is -2.16. The van der Waals surface area contributed by atoms with Crippen LogP contribution in [-0.4, -0.2) is 24.3 Å². The third kappa shape index (κ3) is 2.65. The van der Waals surface area contributed by atoms with Gasteiger partial charge in [-0.2, -0.15) is 5.10 Å². The van der Waals surface area contributed by atoms with Crippen molar-refractivity contribution in [1.29, 1.82) is 0 Å². The maximum Gasteiger partial charge on any atom is 0.160 e. The van der Waals surface area contributed by atoms with E-state index in [4.69, 9.17) is 11.6 Å². The Bertz CT molecular complexity index is 745. The highest BCUT2D eigenvalue weighted by atomic mass is 35.5. The standard InChI is InChI=1S/C15H18ClN5/c1-10-5-6-13-15(18-10)21(14(19-13)12(3)16)11(2)9-20-8-4-7-17-20/h4-8,11-12H,9H2,1-3H3. The Labute approximate surface area is 128 Å². The summed E-state index contributed by atoms with van der Waals surface area (Å²) in [5, 5.41) is 4.10. The number of pyridine rings is 1. The Balaban J connectivity index is 2.09. The van der Waals surface area contributed by atoms with E-state index in [1.165, 1.54) is 0 Å². The first kappa shape index (κ1) is 14.1. The van der Waals surface area contributed by atoms with Crippen molar-refractivity contribution in [2.75, 3.05) is 0 Å². The SMILES string of the molecule is Cc1ccc2nc(C(C)Cl)n(C(C)Cn3cccn3)c2n1. The quantitative estimate of drug-likeness (QED) is 0.693. The molecule has 21 heavy (non-hydrogen) atoms. The summed E-state index contributed by atoms with van der Waals surface area (Å²) in [6, 6.07) is 6.06. The lowest BCUT2D eigenvalue weighted by molar-refractivity contribution is 0.432. The molecule has 110 valence electrons. The highest BCUT2D eigenvalue weighted by molar-refractivity contribution is 6.20. The summed E-state index contributed by atoms with van der Waals surface area (Å²) < 4.78 is 4.04. The van der Waals surface area contributed by atoms with Gasteiger partial charge in [0.05, 0.1) is 18.0 Å². The minimum atomic E-state index is -0.167. The van der Waals surface area contributed by atoms with Gasteiger partial charge in [-0.1, -0.05) is 0 Å². The minimum Gasteiger partial charge on any atom is -0.307 e. The van der Waals surface area contributed by atoms with E-state index in [0.717, 1.165) is 29.2 Å². The molecule has 3 aromatic heterocycles. The fourth-order valence-corrected chi connectivity index (χ4v) is 2.72. The first-order chi connectivity index (χ1) is 10.1. The number of halogens is 1. The van der Waals surface area contributed by atoms with Crippen molar-refractivity contribution in [3.8, 4) is 0 Å². The molecule has 0 bridgehead atoms. The zero-order chi connectivity index (χ0) is 15.0. The van der Waals surface area contributed by atoms with Gasteiger partial charge in [0.15, 0.2) is 5.65 Å². The van der Waals surface area contributed by atoms with Crippen molar-refractivity contribution in [1.82, 2.24) is 24.3 Å². The summed E-state index contributed by atoms with van der Waals surface area (Å²) >= 11 is 6.31. The monoisotopic (exact) mass is 303 g/mol. The summed E-state index contributed by atoms with van der Waals surface area (Å²) in [6.07, 6.45) is 3.74. The van der Waals surface area contributed by atoms with Crippen LogP contribution in [-0.2, 0) is 6.54 Å². The summed E-state index contributed by atoms with van der Waals surface area (Å²) in [6.45, 7) is 6.81. The van der Waals surface area contributed by atoms with E-state index in [9.17, 15) is 0 Å². The van der Waals surface area contributed by atoms with E-state index < -0.39 is 0 Å². The van der Waals surface area contributed by atoms with Crippen LogP contribution in [0.3, 0.4) is 0 Å². The van der Waals surface area contributed by atoms with Crippen LogP contribution in [0.2, 0.25) is 0 Å². The molecule has 2 atom stereocenters. The van der Waals surface area contributed by atoms with E-state index in [-0.39, 0.29) is 11.4 Å². The van der Waals surface area contributed by atoms with Crippen LogP contribution >= 0.6 is 11.6 Å². The molecule has 0 saturated carbocycles. The Morgan fingerprint density at radius 2 is 2.05 bits per heavy atom. The molecule has 0 radical (unpaired) electrons. The molecule has 3 aromatic rings. The molecule has 0 spiro atoms. The van der Waals surface area contributed by atoms with Crippen molar-refractivity contribution in [3.63, 3.8) is 0 Å². The summed E-state index contributed by atoms with van der Waals surface area (Å²) in [7, 11) is 0. The Hall–Kier alpha value is -1.88. The van der Waals surface area contributed by atoms with Gasteiger partial charge in [0.2, 0.25) is 0 Å². The number of hydrogen-bond donors (Lipinski definition) is 0. The predicted octanol–water partition coefficient (Wildman–Crippen LogP) is 3.50. The maximum atomic E-state index is 6.31. The smallest absolute Gasteiger partial charge is 0.160 e. The molecule has 0 amide bonds. The Morgan fingerprint density at radius 3 is 2.71 bits per heavy atom. The summed E-state index contributed by atoms with van der Waals surface area (Å²) in [5.74, 6) is 0.851. The fourth-order valence-electron chi connectivity index (χ4n) is 2.56. The minimum absolute atomic E-state index is 0.167. The molecule has 5 nitrogen and oxygen atoms in total. The highest BCUT2D eigenvalue weighted by Gasteiger charge is 2.20. The van der Waals surface area contributed by atoms with Crippen LogP contribution in [0.5, 0.6) is 0 Å². The van der Waals surface area contributed by atoms with Crippen molar-refractivity contribution in [3.05, 3.63) is 42.1 Å². The number of aromatic nitrogens is 5. The van der Waals surface area contributed by atoms with Gasteiger partial charge in [-0.05, 0) is 39.0 Å². The van der Waals surface area contributed by atoms with Gasteiger partial charge in [0.1, 0.15) is 11.3 Å². The van der Waals surface area contributed by atoms with Gasteiger partial charge in [-0.3, -0.25) is 4.68 Å². The molecule has 6 heteroatoms. The third-order valence-corrected chi connectivity index (χ3v) is 3.71. The predicted molar refractivity (Wildman–Crippen MR) is 83.5 cm³/mol. The van der Waals surface area contributed by atoms with Crippen molar-refractivity contribution in [2.45, 2.75) is 38.7 Å².